The number of halogens is 1. The highest BCUT2D eigenvalue weighted by Crippen LogP contribution is 2.20. The maximum Gasteiger partial charge on any atom is 0.124 e. The lowest BCUT2D eigenvalue weighted by Crippen LogP contribution is -2.32. The van der Waals surface area contributed by atoms with E-state index in [4.69, 9.17) is 5.11 Å². The maximum absolute atomic E-state index is 13.4. The zero-order valence-electron chi connectivity index (χ0n) is 12.7. The summed E-state index contributed by atoms with van der Waals surface area (Å²) in [5.41, 5.74) is 1.83. The van der Waals surface area contributed by atoms with Crippen LogP contribution in [0.4, 0.5) is 4.39 Å². The van der Waals surface area contributed by atoms with Crippen LogP contribution in [-0.4, -0.2) is 29.2 Å². The predicted molar refractivity (Wildman–Crippen MR) is 83.3 cm³/mol. The lowest BCUT2D eigenvalue weighted by molar-refractivity contribution is 0.204. The van der Waals surface area contributed by atoms with E-state index in [1.54, 1.807) is 0 Å². The zero-order valence-corrected chi connectivity index (χ0v) is 12.7. The molecule has 0 bridgehead atoms. The monoisotopic (exact) mass is 289 g/mol. The van der Waals surface area contributed by atoms with E-state index in [9.17, 15) is 4.39 Å². The lowest BCUT2D eigenvalue weighted by Gasteiger charge is -2.27. The maximum atomic E-state index is 13.4. The Hall–Kier alpha value is -1.37. The quantitative estimate of drug-likeness (QED) is 0.863. The summed E-state index contributed by atoms with van der Waals surface area (Å²) >= 11 is 0. The van der Waals surface area contributed by atoms with Gasteiger partial charge in [0.2, 0.25) is 0 Å². The SMILES string of the molecule is CC1CCCCCN1Cc1ccc(F)cc1C#CCCO. The summed E-state index contributed by atoms with van der Waals surface area (Å²) in [6, 6.07) is 5.42. The smallest absolute Gasteiger partial charge is 0.124 e. The van der Waals surface area contributed by atoms with E-state index in [-0.39, 0.29) is 12.4 Å². The fourth-order valence-electron chi connectivity index (χ4n) is 2.80. The van der Waals surface area contributed by atoms with E-state index >= 15 is 0 Å². The van der Waals surface area contributed by atoms with Gasteiger partial charge in [0.15, 0.2) is 0 Å². The number of nitrogens with zero attached hydrogens (tertiary/aromatic N) is 1. The molecule has 1 fully saturated rings. The van der Waals surface area contributed by atoms with Crippen LogP contribution in [0.5, 0.6) is 0 Å². The molecular formula is C18H24FNO. The summed E-state index contributed by atoms with van der Waals surface area (Å²) < 4.78 is 13.4. The van der Waals surface area contributed by atoms with Crippen molar-refractivity contribution in [3.8, 4) is 11.8 Å². The molecule has 2 rings (SSSR count). The molecule has 114 valence electrons. The van der Waals surface area contributed by atoms with Crippen LogP contribution in [0.25, 0.3) is 0 Å². The molecule has 1 aromatic carbocycles. The minimum absolute atomic E-state index is 0.0425. The standard InChI is InChI=1S/C18H24FNO/c1-15-7-3-2-5-11-20(15)14-17-9-10-18(19)13-16(17)8-4-6-12-21/h9-10,13,15,21H,2-3,5-7,11-12,14H2,1H3. The topological polar surface area (TPSA) is 23.5 Å². The molecule has 21 heavy (non-hydrogen) atoms. The first-order valence-electron chi connectivity index (χ1n) is 7.83. The molecule has 1 aromatic rings. The van der Waals surface area contributed by atoms with Crippen LogP contribution in [-0.2, 0) is 6.54 Å². The van der Waals surface area contributed by atoms with Crippen molar-refractivity contribution >= 4 is 0 Å². The number of aliphatic hydroxyl groups is 1. The van der Waals surface area contributed by atoms with E-state index in [0.29, 0.717) is 12.5 Å². The highest BCUT2D eigenvalue weighted by atomic mass is 19.1. The summed E-state index contributed by atoms with van der Waals surface area (Å²) in [7, 11) is 0. The Balaban J connectivity index is 2.16. The first-order chi connectivity index (χ1) is 10.2. The average molecular weight is 289 g/mol. The van der Waals surface area contributed by atoms with Crippen LogP contribution in [0.15, 0.2) is 18.2 Å². The molecule has 0 amide bonds. The van der Waals surface area contributed by atoms with Crippen molar-refractivity contribution in [2.24, 2.45) is 0 Å². The highest BCUT2D eigenvalue weighted by molar-refractivity contribution is 5.41. The summed E-state index contributed by atoms with van der Waals surface area (Å²) in [5, 5.41) is 8.81. The molecule has 1 N–H and O–H groups in total. The molecule has 3 heteroatoms. The van der Waals surface area contributed by atoms with Crippen LogP contribution in [0, 0.1) is 17.7 Å². The molecular weight excluding hydrogens is 265 g/mol. The van der Waals surface area contributed by atoms with Gasteiger partial charge < -0.3 is 5.11 Å². The van der Waals surface area contributed by atoms with Crippen molar-refractivity contribution in [2.45, 2.75) is 51.6 Å². The molecule has 1 aliphatic rings. The fourth-order valence-corrected chi connectivity index (χ4v) is 2.80. The van der Waals surface area contributed by atoms with Gasteiger partial charge in [0, 0.05) is 24.6 Å². The molecule has 2 nitrogen and oxygen atoms in total. The number of likely N-dealkylation sites (tertiary alicyclic amines) is 1. The lowest BCUT2D eigenvalue weighted by atomic mass is 10.1. The largest absolute Gasteiger partial charge is 0.395 e. The first kappa shape index (κ1) is 16.0. The van der Waals surface area contributed by atoms with Crippen LogP contribution in [0.2, 0.25) is 0 Å². The first-order valence-corrected chi connectivity index (χ1v) is 7.83. The van der Waals surface area contributed by atoms with Crippen molar-refractivity contribution in [3.05, 3.63) is 35.1 Å². The minimum Gasteiger partial charge on any atom is -0.395 e. The molecule has 0 aromatic heterocycles. The average Bonchev–Trinajstić information content (AvgIpc) is 2.67. The third-order valence-electron chi connectivity index (χ3n) is 4.10. The second kappa shape index (κ2) is 8.17. The number of benzene rings is 1. The summed E-state index contributed by atoms with van der Waals surface area (Å²) in [6.07, 6.45) is 5.48. The van der Waals surface area contributed by atoms with Gasteiger partial charge in [-0.15, -0.1) is 0 Å². The molecule has 1 heterocycles. The minimum atomic E-state index is -0.254. The van der Waals surface area contributed by atoms with Gasteiger partial charge in [-0.3, -0.25) is 4.90 Å². The Morgan fingerprint density at radius 3 is 3.00 bits per heavy atom. The third kappa shape index (κ3) is 4.84. The van der Waals surface area contributed by atoms with Gasteiger partial charge in [-0.1, -0.05) is 30.7 Å². The zero-order chi connectivity index (χ0) is 15.1. The molecule has 1 atom stereocenters. The van der Waals surface area contributed by atoms with Gasteiger partial charge in [0.25, 0.3) is 0 Å². The Morgan fingerprint density at radius 1 is 1.33 bits per heavy atom. The van der Waals surface area contributed by atoms with Crippen molar-refractivity contribution in [3.63, 3.8) is 0 Å². The van der Waals surface area contributed by atoms with Crippen LogP contribution < -0.4 is 0 Å². The normalized spacial score (nSPS) is 19.7. The van der Waals surface area contributed by atoms with Gasteiger partial charge in [-0.25, -0.2) is 4.39 Å². The van der Waals surface area contributed by atoms with Crippen LogP contribution >= 0.6 is 0 Å². The van der Waals surface area contributed by atoms with Gasteiger partial charge in [0.1, 0.15) is 5.82 Å². The Kier molecular flexibility index (Phi) is 6.22. The predicted octanol–water partition coefficient (Wildman–Crippen LogP) is 3.32. The van der Waals surface area contributed by atoms with Crippen LogP contribution in [0.3, 0.4) is 0 Å². The van der Waals surface area contributed by atoms with E-state index in [0.717, 1.165) is 24.2 Å². The number of rotatable bonds is 3. The number of aliphatic hydroxyl groups excluding tert-OH is 1. The van der Waals surface area contributed by atoms with Gasteiger partial charge in [-0.2, -0.15) is 0 Å². The van der Waals surface area contributed by atoms with Gasteiger partial charge in [-0.05, 0) is 44.0 Å². The second-order valence-electron chi connectivity index (χ2n) is 5.75. The molecule has 0 saturated carbocycles. The van der Waals surface area contributed by atoms with Gasteiger partial charge >= 0.3 is 0 Å². The fraction of sp³-hybridized carbons (Fsp3) is 0.556. The Labute approximate surface area is 127 Å². The summed E-state index contributed by atoms with van der Waals surface area (Å²) in [4.78, 5) is 2.47. The van der Waals surface area contributed by atoms with E-state index in [1.807, 2.05) is 6.07 Å². The van der Waals surface area contributed by atoms with E-state index in [1.165, 1.54) is 37.8 Å². The molecule has 1 aliphatic heterocycles. The number of hydrogen-bond acceptors (Lipinski definition) is 2. The molecule has 1 saturated heterocycles. The van der Waals surface area contributed by atoms with E-state index in [2.05, 4.69) is 23.7 Å². The summed E-state index contributed by atoms with van der Waals surface area (Å²) in [5.74, 6) is 5.64. The molecule has 0 aliphatic carbocycles. The molecule has 0 radical (unpaired) electrons. The molecule has 1 unspecified atom stereocenters. The van der Waals surface area contributed by atoms with Crippen LogP contribution in [0.1, 0.15) is 50.2 Å². The van der Waals surface area contributed by atoms with Crippen molar-refractivity contribution < 1.29 is 9.50 Å². The van der Waals surface area contributed by atoms with Crippen molar-refractivity contribution in [1.82, 2.24) is 4.90 Å². The molecule has 0 spiro atoms. The second-order valence-corrected chi connectivity index (χ2v) is 5.75. The Bertz CT molecular complexity index is 518. The Morgan fingerprint density at radius 2 is 2.19 bits per heavy atom. The van der Waals surface area contributed by atoms with E-state index < -0.39 is 0 Å². The van der Waals surface area contributed by atoms with Crippen molar-refractivity contribution in [1.29, 1.82) is 0 Å². The number of hydrogen-bond donors (Lipinski definition) is 1. The highest BCUT2D eigenvalue weighted by Gasteiger charge is 2.18. The third-order valence-corrected chi connectivity index (χ3v) is 4.10. The van der Waals surface area contributed by atoms with Gasteiger partial charge in [0.05, 0.1) is 6.61 Å². The summed E-state index contributed by atoms with van der Waals surface area (Å²) in [6.45, 7) is 4.24. The van der Waals surface area contributed by atoms with Crippen molar-refractivity contribution in [2.75, 3.05) is 13.2 Å².